The van der Waals surface area contributed by atoms with Gasteiger partial charge < -0.3 is 19.4 Å². The first kappa shape index (κ1) is 17.0. The van der Waals surface area contributed by atoms with Crippen LogP contribution in [0.25, 0.3) is 16.6 Å². The van der Waals surface area contributed by atoms with Crippen LogP contribution >= 0.6 is 11.8 Å². The summed E-state index contributed by atoms with van der Waals surface area (Å²) < 4.78 is 6.65. The predicted molar refractivity (Wildman–Crippen MR) is 94.1 cm³/mol. The molecule has 1 aromatic carbocycles. The lowest BCUT2D eigenvalue weighted by molar-refractivity contribution is -0.133. The molecule has 0 radical (unpaired) electrons. The van der Waals surface area contributed by atoms with Gasteiger partial charge in [0.25, 0.3) is 0 Å². The standard InChI is InChI=1S/C16H17N5O3S/c1-3-21-9-17-20-16(21)25-8-12(22)13(15(23)24-2)14-18-10-6-4-5-7-11(10)19-14/h4-7,9,22H,3,8H2,1-2H3,(H,18,19)/b13-12+. The highest BCUT2D eigenvalue weighted by Crippen LogP contribution is 2.24. The molecule has 8 nitrogen and oxygen atoms in total. The Morgan fingerprint density at radius 2 is 2.20 bits per heavy atom. The molecule has 0 aliphatic rings. The zero-order valence-electron chi connectivity index (χ0n) is 13.8. The second kappa shape index (κ2) is 7.39. The molecule has 130 valence electrons. The number of aliphatic hydroxyl groups is 1. The van der Waals surface area contributed by atoms with Gasteiger partial charge in [-0.1, -0.05) is 23.9 Å². The zero-order chi connectivity index (χ0) is 17.8. The Morgan fingerprint density at radius 1 is 1.40 bits per heavy atom. The van der Waals surface area contributed by atoms with Crippen molar-refractivity contribution in [3.63, 3.8) is 0 Å². The normalized spacial score (nSPS) is 12.2. The van der Waals surface area contributed by atoms with Gasteiger partial charge >= 0.3 is 5.97 Å². The van der Waals surface area contributed by atoms with Crippen LogP contribution in [0.5, 0.6) is 0 Å². The molecule has 0 aliphatic carbocycles. The lowest BCUT2D eigenvalue weighted by Crippen LogP contribution is -2.10. The molecule has 2 N–H and O–H groups in total. The highest BCUT2D eigenvalue weighted by molar-refractivity contribution is 7.99. The van der Waals surface area contributed by atoms with Crippen molar-refractivity contribution in [2.75, 3.05) is 12.9 Å². The number of aryl methyl sites for hydroxylation is 1. The number of rotatable bonds is 6. The van der Waals surface area contributed by atoms with E-state index >= 15 is 0 Å². The number of carbonyl (C=O) groups is 1. The summed E-state index contributed by atoms with van der Waals surface area (Å²) in [6, 6.07) is 7.37. The summed E-state index contributed by atoms with van der Waals surface area (Å²) in [5.74, 6) is -0.390. The Balaban J connectivity index is 1.93. The Kier molecular flexibility index (Phi) is 5.03. The average molecular weight is 359 g/mol. The summed E-state index contributed by atoms with van der Waals surface area (Å²) in [5.41, 5.74) is 1.48. The molecule has 3 aromatic rings. The number of nitrogens with zero attached hydrogens (tertiary/aromatic N) is 4. The lowest BCUT2D eigenvalue weighted by Gasteiger charge is -2.07. The van der Waals surface area contributed by atoms with Gasteiger partial charge in [-0.15, -0.1) is 10.2 Å². The van der Waals surface area contributed by atoms with Gasteiger partial charge in [0.1, 0.15) is 23.5 Å². The van der Waals surface area contributed by atoms with Gasteiger partial charge in [0, 0.05) is 6.54 Å². The lowest BCUT2D eigenvalue weighted by atomic mass is 10.2. The first-order chi connectivity index (χ1) is 12.1. The fourth-order valence-electron chi connectivity index (χ4n) is 2.30. The molecule has 0 spiro atoms. The van der Waals surface area contributed by atoms with Crippen LogP contribution in [0.3, 0.4) is 0 Å². The third-order valence-electron chi connectivity index (χ3n) is 3.56. The molecular weight excluding hydrogens is 342 g/mol. The Morgan fingerprint density at radius 3 is 2.92 bits per heavy atom. The molecule has 0 fully saturated rings. The molecular formula is C16H17N5O3S. The number of imidazole rings is 1. The SMILES string of the molecule is CCn1cnnc1SC/C(O)=C(\C(=O)OC)c1nc2ccccc2[nH]1. The van der Waals surface area contributed by atoms with Crippen molar-refractivity contribution < 1.29 is 14.6 Å². The van der Waals surface area contributed by atoms with Crippen LogP contribution in [0, 0.1) is 0 Å². The minimum Gasteiger partial charge on any atom is -0.510 e. The van der Waals surface area contributed by atoms with Crippen LogP contribution in [0.2, 0.25) is 0 Å². The number of ether oxygens (including phenoxy) is 1. The molecule has 9 heteroatoms. The second-order valence-corrected chi connectivity index (χ2v) is 6.05. The molecule has 2 aromatic heterocycles. The number of aliphatic hydroxyl groups excluding tert-OH is 1. The van der Waals surface area contributed by atoms with Crippen LogP contribution in [-0.4, -0.2) is 48.7 Å². The number of aromatic nitrogens is 5. The maximum atomic E-state index is 12.2. The maximum Gasteiger partial charge on any atom is 0.345 e. The van der Waals surface area contributed by atoms with Crippen LogP contribution in [0.15, 0.2) is 41.5 Å². The summed E-state index contributed by atoms with van der Waals surface area (Å²) >= 11 is 1.28. The van der Waals surface area contributed by atoms with Gasteiger partial charge in [-0.3, -0.25) is 0 Å². The van der Waals surface area contributed by atoms with Crippen LogP contribution in [-0.2, 0) is 16.1 Å². The average Bonchev–Trinajstić information content (AvgIpc) is 3.25. The van der Waals surface area contributed by atoms with Crippen LogP contribution in [0.4, 0.5) is 0 Å². The largest absolute Gasteiger partial charge is 0.510 e. The van der Waals surface area contributed by atoms with Gasteiger partial charge in [-0.25, -0.2) is 9.78 Å². The number of methoxy groups -OCH3 is 1. The molecule has 3 rings (SSSR count). The van der Waals surface area contributed by atoms with Crippen molar-refractivity contribution in [2.24, 2.45) is 0 Å². The van der Waals surface area contributed by atoms with E-state index in [0.29, 0.717) is 17.2 Å². The smallest absolute Gasteiger partial charge is 0.345 e. The molecule has 0 unspecified atom stereocenters. The number of fused-ring (bicyclic) bond motifs is 1. The highest BCUT2D eigenvalue weighted by atomic mass is 32.2. The zero-order valence-corrected chi connectivity index (χ0v) is 14.6. The first-order valence-corrected chi connectivity index (χ1v) is 8.58. The summed E-state index contributed by atoms with van der Waals surface area (Å²) in [5, 5.41) is 19.0. The quantitative estimate of drug-likeness (QED) is 0.301. The van der Waals surface area contributed by atoms with E-state index in [1.807, 2.05) is 35.8 Å². The minimum absolute atomic E-state index is 0.00811. The van der Waals surface area contributed by atoms with E-state index in [1.165, 1.54) is 18.9 Å². The topological polar surface area (TPSA) is 106 Å². The van der Waals surface area contributed by atoms with E-state index < -0.39 is 5.97 Å². The molecule has 0 amide bonds. The van der Waals surface area contributed by atoms with Crippen molar-refractivity contribution in [2.45, 2.75) is 18.6 Å². The van der Waals surface area contributed by atoms with Crippen molar-refractivity contribution in [3.05, 3.63) is 42.2 Å². The molecule has 0 saturated heterocycles. The first-order valence-electron chi connectivity index (χ1n) is 7.60. The predicted octanol–water partition coefficient (Wildman–Crippen LogP) is 2.41. The number of para-hydroxylation sites is 2. The highest BCUT2D eigenvalue weighted by Gasteiger charge is 2.22. The fraction of sp³-hybridized carbons (Fsp3) is 0.250. The maximum absolute atomic E-state index is 12.2. The Hall–Kier alpha value is -2.81. The summed E-state index contributed by atoms with van der Waals surface area (Å²) in [6.07, 6.45) is 1.61. The van der Waals surface area contributed by atoms with E-state index in [0.717, 1.165) is 5.52 Å². The number of hydrogen-bond acceptors (Lipinski definition) is 7. The fourth-order valence-corrected chi connectivity index (χ4v) is 3.16. The van der Waals surface area contributed by atoms with Gasteiger partial charge in [-0.2, -0.15) is 0 Å². The van der Waals surface area contributed by atoms with E-state index in [-0.39, 0.29) is 22.9 Å². The van der Waals surface area contributed by atoms with Crippen LogP contribution in [0.1, 0.15) is 12.7 Å². The summed E-state index contributed by atoms with van der Waals surface area (Å²) in [4.78, 5) is 19.6. The number of carbonyl (C=O) groups excluding carboxylic acids is 1. The monoisotopic (exact) mass is 359 g/mol. The number of hydrogen-bond donors (Lipinski definition) is 2. The Bertz CT molecular complexity index is 898. The number of H-pyrrole nitrogens is 1. The molecule has 0 saturated carbocycles. The molecule has 0 bridgehead atoms. The third kappa shape index (κ3) is 3.50. The summed E-state index contributed by atoms with van der Waals surface area (Å²) in [6.45, 7) is 2.69. The number of thioether (sulfide) groups is 1. The van der Waals surface area contributed by atoms with E-state index in [2.05, 4.69) is 20.2 Å². The van der Waals surface area contributed by atoms with E-state index in [4.69, 9.17) is 4.74 Å². The number of nitrogens with one attached hydrogen (secondary N) is 1. The molecule has 0 aliphatic heterocycles. The van der Waals surface area contributed by atoms with Crippen molar-refractivity contribution in [1.29, 1.82) is 0 Å². The third-order valence-corrected chi connectivity index (χ3v) is 4.56. The molecule has 0 atom stereocenters. The van der Waals surface area contributed by atoms with Crippen LogP contribution < -0.4 is 0 Å². The van der Waals surface area contributed by atoms with Crippen molar-refractivity contribution in [3.8, 4) is 0 Å². The number of benzene rings is 1. The summed E-state index contributed by atoms with van der Waals surface area (Å²) in [7, 11) is 1.26. The Labute approximate surface area is 147 Å². The van der Waals surface area contributed by atoms with E-state index in [9.17, 15) is 9.90 Å². The van der Waals surface area contributed by atoms with Gasteiger partial charge in [-0.05, 0) is 19.1 Å². The van der Waals surface area contributed by atoms with Gasteiger partial charge in [0.05, 0.1) is 23.9 Å². The van der Waals surface area contributed by atoms with Crippen molar-refractivity contribution >= 4 is 34.3 Å². The number of aromatic amines is 1. The minimum atomic E-state index is -0.658. The van der Waals surface area contributed by atoms with Gasteiger partial charge in [0.2, 0.25) is 0 Å². The molecule has 25 heavy (non-hydrogen) atoms. The number of esters is 1. The van der Waals surface area contributed by atoms with Gasteiger partial charge in [0.15, 0.2) is 5.16 Å². The van der Waals surface area contributed by atoms with Crippen molar-refractivity contribution in [1.82, 2.24) is 24.7 Å². The van der Waals surface area contributed by atoms with E-state index in [1.54, 1.807) is 6.33 Å². The molecule has 2 heterocycles. The second-order valence-electron chi connectivity index (χ2n) is 5.10.